The Bertz CT molecular complexity index is 627. The molecule has 0 aromatic carbocycles. The molecule has 0 saturated carbocycles. The molecule has 1 aromatic heterocycles. The lowest BCUT2D eigenvalue weighted by Gasteiger charge is -2.33. The average Bonchev–Trinajstić information content (AvgIpc) is 3.08. The van der Waals surface area contributed by atoms with E-state index in [0.717, 1.165) is 31.9 Å². The summed E-state index contributed by atoms with van der Waals surface area (Å²) in [6.45, 7) is 12.9. The van der Waals surface area contributed by atoms with Crippen molar-refractivity contribution >= 4 is 35.9 Å². The molecular formula is C18H32IN5O3. The number of hydrogen-bond donors (Lipinski definition) is 1. The summed E-state index contributed by atoms with van der Waals surface area (Å²) in [5, 5.41) is 7.30. The summed E-state index contributed by atoms with van der Waals surface area (Å²) in [5.74, 6) is 1.70. The summed E-state index contributed by atoms with van der Waals surface area (Å²) >= 11 is 0. The standard InChI is InChI=1S/C18H31N5O3.HI/c1-6-19-17(20-11-14-21-16(26-22-14)18(3,4)5)23-10-8-9-13(12-23)15(24)25-7-2;/h13H,6-12H2,1-5H3,(H,19,20);1H. The van der Waals surface area contributed by atoms with E-state index in [1.165, 1.54) is 0 Å². The summed E-state index contributed by atoms with van der Waals surface area (Å²) in [7, 11) is 0. The van der Waals surface area contributed by atoms with Crippen molar-refractivity contribution < 1.29 is 14.1 Å². The lowest BCUT2D eigenvalue weighted by Crippen LogP contribution is -2.48. The van der Waals surface area contributed by atoms with Gasteiger partial charge in [0.15, 0.2) is 11.8 Å². The molecule has 1 fully saturated rings. The molecule has 27 heavy (non-hydrogen) atoms. The molecule has 0 amide bonds. The molecule has 0 radical (unpaired) electrons. The van der Waals surface area contributed by atoms with E-state index in [9.17, 15) is 4.79 Å². The fourth-order valence-corrected chi connectivity index (χ4v) is 2.82. The second kappa shape index (κ2) is 10.8. The number of aliphatic imine (C=N–C) groups is 1. The highest BCUT2D eigenvalue weighted by Crippen LogP contribution is 2.20. The Morgan fingerprint density at radius 1 is 1.41 bits per heavy atom. The molecule has 0 spiro atoms. The van der Waals surface area contributed by atoms with E-state index >= 15 is 0 Å². The summed E-state index contributed by atoms with van der Waals surface area (Å²) in [6.07, 6.45) is 1.79. The number of nitrogens with one attached hydrogen (secondary N) is 1. The van der Waals surface area contributed by atoms with Gasteiger partial charge in [0.1, 0.15) is 6.54 Å². The maximum Gasteiger partial charge on any atom is 0.310 e. The zero-order valence-electron chi connectivity index (χ0n) is 16.9. The first-order valence-corrected chi connectivity index (χ1v) is 9.38. The molecule has 2 heterocycles. The van der Waals surface area contributed by atoms with Crippen LogP contribution < -0.4 is 5.32 Å². The van der Waals surface area contributed by atoms with Gasteiger partial charge < -0.3 is 19.5 Å². The van der Waals surface area contributed by atoms with Crippen LogP contribution in [0.5, 0.6) is 0 Å². The first-order valence-electron chi connectivity index (χ1n) is 9.38. The van der Waals surface area contributed by atoms with Crippen LogP contribution in [0.4, 0.5) is 0 Å². The van der Waals surface area contributed by atoms with E-state index in [2.05, 4.69) is 25.3 Å². The molecule has 8 nitrogen and oxygen atoms in total. The van der Waals surface area contributed by atoms with Crippen LogP contribution in [0, 0.1) is 5.92 Å². The molecule has 1 aliphatic rings. The number of carbonyl (C=O) groups is 1. The Hall–Kier alpha value is -1.39. The van der Waals surface area contributed by atoms with E-state index in [1.54, 1.807) is 0 Å². The Balaban J connectivity index is 0.00000364. The van der Waals surface area contributed by atoms with Gasteiger partial charge in [0.05, 0.1) is 12.5 Å². The van der Waals surface area contributed by atoms with Crippen LogP contribution in [0.3, 0.4) is 0 Å². The zero-order valence-corrected chi connectivity index (χ0v) is 19.3. The monoisotopic (exact) mass is 493 g/mol. The van der Waals surface area contributed by atoms with Gasteiger partial charge in [-0.2, -0.15) is 4.98 Å². The molecule has 1 N–H and O–H groups in total. The quantitative estimate of drug-likeness (QED) is 0.292. The van der Waals surface area contributed by atoms with E-state index in [0.29, 0.717) is 31.4 Å². The number of piperidine rings is 1. The molecule has 0 bridgehead atoms. The number of esters is 1. The summed E-state index contributed by atoms with van der Waals surface area (Å²) in [5.41, 5.74) is -0.181. The van der Waals surface area contributed by atoms with Gasteiger partial charge in [-0.05, 0) is 26.7 Å². The minimum atomic E-state index is -0.181. The van der Waals surface area contributed by atoms with E-state index in [1.807, 2.05) is 34.6 Å². The van der Waals surface area contributed by atoms with Gasteiger partial charge in [-0.15, -0.1) is 24.0 Å². The largest absolute Gasteiger partial charge is 0.466 e. The summed E-state index contributed by atoms with van der Waals surface area (Å²) in [6, 6.07) is 0. The molecule has 9 heteroatoms. The highest BCUT2D eigenvalue weighted by Gasteiger charge is 2.28. The van der Waals surface area contributed by atoms with Gasteiger partial charge in [0, 0.05) is 25.0 Å². The normalized spacial score (nSPS) is 18.0. The summed E-state index contributed by atoms with van der Waals surface area (Å²) < 4.78 is 10.5. The van der Waals surface area contributed by atoms with Crippen LogP contribution >= 0.6 is 24.0 Å². The smallest absolute Gasteiger partial charge is 0.310 e. The molecule has 1 unspecified atom stereocenters. The van der Waals surface area contributed by atoms with Crippen molar-refractivity contribution in [1.82, 2.24) is 20.4 Å². The second-order valence-corrected chi connectivity index (χ2v) is 7.47. The molecule has 1 aliphatic heterocycles. The van der Waals surface area contributed by atoms with Gasteiger partial charge in [-0.3, -0.25) is 4.79 Å². The average molecular weight is 493 g/mol. The maximum atomic E-state index is 12.1. The Morgan fingerprint density at radius 3 is 2.74 bits per heavy atom. The number of halogens is 1. The van der Waals surface area contributed by atoms with Crippen LogP contribution in [0.1, 0.15) is 59.2 Å². The van der Waals surface area contributed by atoms with Crippen molar-refractivity contribution in [3.05, 3.63) is 11.7 Å². The number of guanidine groups is 1. The second-order valence-electron chi connectivity index (χ2n) is 7.47. The third-order valence-electron chi connectivity index (χ3n) is 4.16. The maximum absolute atomic E-state index is 12.1. The third-order valence-corrected chi connectivity index (χ3v) is 4.16. The van der Waals surface area contributed by atoms with Crippen LogP contribution in [0.25, 0.3) is 0 Å². The lowest BCUT2D eigenvalue weighted by atomic mass is 9.97. The zero-order chi connectivity index (χ0) is 19.2. The molecule has 2 rings (SSSR count). The molecule has 1 atom stereocenters. The Kier molecular flexibility index (Phi) is 9.48. The predicted molar refractivity (Wildman–Crippen MR) is 114 cm³/mol. The number of aromatic nitrogens is 2. The highest BCUT2D eigenvalue weighted by molar-refractivity contribution is 14.0. The van der Waals surface area contributed by atoms with Crippen molar-refractivity contribution in [3.8, 4) is 0 Å². The topological polar surface area (TPSA) is 92.9 Å². The molecule has 0 aliphatic carbocycles. The van der Waals surface area contributed by atoms with E-state index in [4.69, 9.17) is 9.26 Å². The van der Waals surface area contributed by atoms with Crippen molar-refractivity contribution in [2.75, 3.05) is 26.2 Å². The Labute approximate surface area is 178 Å². The predicted octanol–water partition coefficient (Wildman–Crippen LogP) is 2.73. The van der Waals surface area contributed by atoms with Gasteiger partial charge in [-0.25, -0.2) is 4.99 Å². The van der Waals surface area contributed by atoms with Crippen LogP contribution in [0.2, 0.25) is 0 Å². The van der Waals surface area contributed by atoms with Gasteiger partial charge in [0.25, 0.3) is 0 Å². The highest BCUT2D eigenvalue weighted by atomic mass is 127. The molecule has 1 aromatic rings. The van der Waals surface area contributed by atoms with Gasteiger partial charge >= 0.3 is 5.97 Å². The van der Waals surface area contributed by atoms with Gasteiger partial charge in [0.2, 0.25) is 5.89 Å². The minimum Gasteiger partial charge on any atom is -0.466 e. The summed E-state index contributed by atoms with van der Waals surface area (Å²) in [4.78, 5) is 23.2. The fourth-order valence-electron chi connectivity index (χ4n) is 2.82. The van der Waals surface area contributed by atoms with Crippen molar-refractivity contribution in [3.63, 3.8) is 0 Å². The third kappa shape index (κ3) is 6.93. The van der Waals surface area contributed by atoms with Crippen molar-refractivity contribution in [2.45, 2.75) is 59.4 Å². The number of ether oxygens (including phenoxy) is 1. The van der Waals surface area contributed by atoms with Crippen LogP contribution in [0.15, 0.2) is 9.52 Å². The first kappa shape index (κ1) is 23.6. The van der Waals surface area contributed by atoms with Crippen LogP contribution in [-0.2, 0) is 21.5 Å². The number of nitrogens with zero attached hydrogens (tertiary/aromatic N) is 4. The van der Waals surface area contributed by atoms with Gasteiger partial charge in [-0.1, -0.05) is 25.9 Å². The molecule has 154 valence electrons. The lowest BCUT2D eigenvalue weighted by molar-refractivity contribution is -0.149. The van der Waals surface area contributed by atoms with E-state index < -0.39 is 0 Å². The van der Waals surface area contributed by atoms with Crippen LogP contribution in [-0.4, -0.2) is 53.2 Å². The SMILES string of the molecule is CCNC(=NCc1noc(C(C)(C)C)n1)N1CCCC(C(=O)OCC)C1.I. The molecular weight excluding hydrogens is 461 g/mol. The van der Waals surface area contributed by atoms with Crippen molar-refractivity contribution in [2.24, 2.45) is 10.9 Å². The minimum absolute atomic E-state index is 0. The Morgan fingerprint density at radius 2 is 2.15 bits per heavy atom. The number of rotatable bonds is 5. The first-order chi connectivity index (χ1) is 12.3. The number of likely N-dealkylation sites (tertiary alicyclic amines) is 1. The fraction of sp³-hybridized carbons (Fsp3) is 0.778. The number of carbonyl (C=O) groups excluding carboxylic acids is 1. The van der Waals surface area contributed by atoms with Crippen molar-refractivity contribution in [1.29, 1.82) is 0 Å². The van der Waals surface area contributed by atoms with E-state index in [-0.39, 0.29) is 41.3 Å². The molecule has 1 saturated heterocycles. The number of hydrogen-bond acceptors (Lipinski definition) is 6.